The summed E-state index contributed by atoms with van der Waals surface area (Å²) in [5, 5.41) is 0. The van der Waals surface area contributed by atoms with Gasteiger partial charge in [0, 0.05) is 12.6 Å². The number of carbonyl (C=O) groups excluding carboxylic acids is 1. The van der Waals surface area contributed by atoms with Crippen molar-refractivity contribution >= 4 is 26.0 Å². The first-order valence-electron chi connectivity index (χ1n) is 6.39. The first kappa shape index (κ1) is 17.3. The molecule has 1 saturated heterocycles. The van der Waals surface area contributed by atoms with E-state index in [1.165, 1.54) is 18.9 Å². The lowest BCUT2D eigenvalue weighted by Gasteiger charge is -2.24. The Morgan fingerprint density at radius 2 is 1.90 bits per heavy atom. The maximum absolute atomic E-state index is 12.0. The molecule has 1 heterocycles. The molecule has 0 bridgehead atoms. The van der Waals surface area contributed by atoms with Crippen LogP contribution in [0.1, 0.15) is 19.8 Å². The lowest BCUT2D eigenvalue weighted by Crippen LogP contribution is -2.46. The number of amides is 1. The van der Waals surface area contributed by atoms with Crippen LogP contribution < -0.4 is 9.44 Å². The fourth-order valence-corrected chi connectivity index (χ4v) is 3.62. The van der Waals surface area contributed by atoms with Crippen molar-refractivity contribution in [1.82, 2.24) is 14.3 Å². The molecule has 118 valence electrons. The van der Waals surface area contributed by atoms with E-state index in [1.807, 2.05) is 0 Å². The number of hydrogen-bond donors (Lipinski definition) is 2. The molecular weight excluding hydrogens is 306 g/mol. The molecule has 1 amide bonds. The molecule has 1 atom stereocenters. The highest BCUT2D eigenvalue weighted by Gasteiger charge is 2.32. The van der Waals surface area contributed by atoms with Gasteiger partial charge in [0.1, 0.15) is 0 Å². The van der Waals surface area contributed by atoms with Crippen LogP contribution in [-0.4, -0.2) is 65.3 Å². The molecule has 1 aliphatic heterocycles. The maximum Gasteiger partial charge on any atom is 0.237 e. The molecule has 1 rings (SSSR count). The molecule has 0 spiro atoms. The quantitative estimate of drug-likeness (QED) is 0.589. The van der Waals surface area contributed by atoms with Gasteiger partial charge in [-0.05, 0) is 26.8 Å². The number of carbonyl (C=O) groups is 1. The second-order valence-electron chi connectivity index (χ2n) is 4.59. The smallest absolute Gasteiger partial charge is 0.237 e. The number of sulfonamides is 2. The SMILES string of the molecule is CCS(=O)(=O)NCC(=O)N1CCCC1CS(=O)(=O)NC. The Morgan fingerprint density at radius 1 is 1.25 bits per heavy atom. The van der Waals surface area contributed by atoms with Crippen molar-refractivity contribution in [2.24, 2.45) is 0 Å². The summed E-state index contributed by atoms with van der Waals surface area (Å²) in [5.74, 6) is -0.649. The normalized spacial score (nSPS) is 20.3. The molecule has 1 fully saturated rings. The van der Waals surface area contributed by atoms with Crippen molar-refractivity contribution in [2.45, 2.75) is 25.8 Å². The number of nitrogens with zero attached hydrogens (tertiary/aromatic N) is 1. The first-order chi connectivity index (χ1) is 9.21. The van der Waals surface area contributed by atoms with Crippen molar-refractivity contribution in [2.75, 3.05) is 31.6 Å². The van der Waals surface area contributed by atoms with Gasteiger partial charge in [-0.15, -0.1) is 0 Å². The lowest BCUT2D eigenvalue weighted by atomic mass is 10.2. The van der Waals surface area contributed by atoms with Crippen LogP contribution in [0.2, 0.25) is 0 Å². The topological polar surface area (TPSA) is 113 Å². The van der Waals surface area contributed by atoms with E-state index < -0.39 is 32.0 Å². The first-order valence-corrected chi connectivity index (χ1v) is 9.69. The number of rotatable bonds is 7. The van der Waals surface area contributed by atoms with E-state index in [-0.39, 0.29) is 18.1 Å². The van der Waals surface area contributed by atoms with E-state index in [0.717, 1.165) is 6.42 Å². The Balaban J connectivity index is 2.63. The average Bonchev–Trinajstić information content (AvgIpc) is 2.83. The third kappa shape index (κ3) is 5.00. The summed E-state index contributed by atoms with van der Waals surface area (Å²) in [6.07, 6.45) is 1.32. The zero-order chi connectivity index (χ0) is 15.4. The van der Waals surface area contributed by atoms with Crippen LogP contribution in [-0.2, 0) is 24.8 Å². The van der Waals surface area contributed by atoms with E-state index in [1.54, 1.807) is 0 Å². The van der Waals surface area contributed by atoms with E-state index >= 15 is 0 Å². The summed E-state index contributed by atoms with van der Waals surface area (Å²) in [6, 6.07) is -0.397. The highest BCUT2D eigenvalue weighted by Crippen LogP contribution is 2.18. The Labute approximate surface area is 120 Å². The predicted octanol–water partition coefficient (Wildman–Crippen LogP) is -1.53. The van der Waals surface area contributed by atoms with Crippen molar-refractivity contribution in [1.29, 1.82) is 0 Å². The van der Waals surface area contributed by atoms with E-state index in [4.69, 9.17) is 0 Å². The van der Waals surface area contributed by atoms with Gasteiger partial charge in [-0.25, -0.2) is 26.3 Å². The minimum absolute atomic E-state index is 0.0994. The van der Waals surface area contributed by atoms with Gasteiger partial charge < -0.3 is 4.90 Å². The molecule has 0 aromatic heterocycles. The van der Waals surface area contributed by atoms with Gasteiger partial charge in [0.05, 0.1) is 18.1 Å². The number of nitrogens with one attached hydrogen (secondary N) is 2. The van der Waals surface area contributed by atoms with Gasteiger partial charge >= 0.3 is 0 Å². The Hall–Kier alpha value is -0.710. The second-order valence-corrected chi connectivity index (χ2v) is 8.66. The Bertz CT molecular complexity index is 543. The molecule has 0 saturated carbocycles. The second kappa shape index (κ2) is 6.83. The largest absolute Gasteiger partial charge is 0.338 e. The summed E-state index contributed by atoms with van der Waals surface area (Å²) in [7, 11) is -5.50. The molecule has 1 aliphatic rings. The summed E-state index contributed by atoms with van der Waals surface area (Å²) in [4.78, 5) is 13.4. The van der Waals surface area contributed by atoms with Crippen LogP contribution in [0.3, 0.4) is 0 Å². The minimum atomic E-state index is -3.43. The summed E-state index contributed by atoms with van der Waals surface area (Å²) in [5.41, 5.74) is 0. The molecule has 20 heavy (non-hydrogen) atoms. The van der Waals surface area contributed by atoms with Crippen LogP contribution in [0.4, 0.5) is 0 Å². The third-order valence-electron chi connectivity index (χ3n) is 3.24. The highest BCUT2D eigenvalue weighted by molar-refractivity contribution is 7.89. The molecule has 2 N–H and O–H groups in total. The lowest BCUT2D eigenvalue weighted by molar-refractivity contribution is -0.130. The fraction of sp³-hybridized carbons (Fsp3) is 0.900. The maximum atomic E-state index is 12.0. The van der Waals surface area contributed by atoms with Gasteiger partial charge in [0.2, 0.25) is 26.0 Å². The van der Waals surface area contributed by atoms with Crippen LogP contribution >= 0.6 is 0 Å². The summed E-state index contributed by atoms with van der Waals surface area (Å²) in [6.45, 7) is 1.60. The van der Waals surface area contributed by atoms with Gasteiger partial charge in [0.15, 0.2) is 0 Å². The highest BCUT2D eigenvalue weighted by atomic mass is 32.2. The third-order valence-corrected chi connectivity index (χ3v) is 6.03. The van der Waals surface area contributed by atoms with Crippen molar-refractivity contribution in [3.8, 4) is 0 Å². The minimum Gasteiger partial charge on any atom is -0.338 e. The molecule has 8 nitrogen and oxygen atoms in total. The van der Waals surface area contributed by atoms with Crippen molar-refractivity contribution < 1.29 is 21.6 Å². The molecule has 0 radical (unpaired) electrons. The molecular formula is C10H21N3O5S2. The summed E-state index contributed by atoms with van der Waals surface area (Å²) < 4.78 is 50.0. The average molecular weight is 327 g/mol. The standard InChI is InChI=1S/C10H21N3O5S2/c1-3-19(15,16)12-7-10(14)13-6-4-5-9(13)8-20(17,18)11-2/h9,11-12H,3-8H2,1-2H3. The molecule has 0 aromatic carbocycles. The number of likely N-dealkylation sites (tertiary alicyclic amines) is 1. The monoisotopic (exact) mass is 327 g/mol. The van der Waals surface area contributed by atoms with Gasteiger partial charge in [-0.3, -0.25) is 4.79 Å². The van der Waals surface area contributed by atoms with Gasteiger partial charge in [-0.1, -0.05) is 0 Å². The Morgan fingerprint density at radius 3 is 2.45 bits per heavy atom. The summed E-state index contributed by atoms with van der Waals surface area (Å²) >= 11 is 0. The van der Waals surface area contributed by atoms with E-state index in [9.17, 15) is 21.6 Å². The fourth-order valence-electron chi connectivity index (χ4n) is 2.05. The van der Waals surface area contributed by atoms with E-state index in [0.29, 0.717) is 13.0 Å². The van der Waals surface area contributed by atoms with Crippen LogP contribution in [0.15, 0.2) is 0 Å². The van der Waals surface area contributed by atoms with Crippen molar-refractivity contribution in [3.05, 3.63) is 0 Å². The van der Waals surface area contributed by atoms with E-state index in [2.05, 4.69) is 9.44 Å². The zero-order valence-electron chi connectivity index (χ0n) is 11.6. The molecule has 1 unspecified atom stereocenters. The zero-order valence-corrected chi connectivity index (χ0v) is 13.3. The Kier molecular flexibility index (Phi) is 5.92. The van der Waals surface area contributed by atoms with Crippen LogP contribution in [0.5, 0.6) is 0 Å². The van der Waals surface area contributed by atoms with Crippen molar-refractivity contribution in [3.63, 3.8) is 0 Å². The predicted molar refractivity (Wildman–Crippen MR) is 75.0 cm³/mol. The molecule has 0 aliphatic carbocycles. The number of hydrogen-bond acceptors (Lipinski definition) is 5. The molecule has 10 heteroatoms. The molecule has 0 aromatic rings. The van der Waals surface area contributed by atoms with Gasteiger partial charge in [0.25, 0.3) is 0 Å². The van der Waals surface area contributed by atoms with Crippen LogP contribution in [0, 0.1) is 0 Å². The van der Waals surface area contributed by atoms with Gasteiger partial charge in [-0.2, -0.15) is 0 Å². The van der Waals surface area contributed by atoms with Crippen LogP contribution in [0.25, 0.3) is 0 Å².